The number of rotatable bonds is 4. The second-order valence-electron chi connectivity index (χ2n) is 7.85. The summed E-state index contributed by atoms with van der Waals surface area (Å²) >= 11 is 0. The van der Waals surface area contributed by atoms with Crippen LogP contribution >= 0.6 is 0 Å². The van der Waals surface area contributed by atoms with Gasteiger partial charge in [-0.2, -0.15) is 21.6 Å². The van der Waals surface area contributed by atoms with E-state index in [-0.39, 0.29) is 27.7 Å². The summed E-state index contributed by atoms with van der Waals surface area (Å²) in [5.74, 6) is -1.85. The lowest BCUT2D eigenvalue weighted by Gasteiger charge is -2.12. The molecule has 0 saturated heterocycles. The van der Waals surface area contributed by atoms with E-state index in [4.69, 9.17) is 4.42 Å². The van der Waals surface area contributed by atoms with Gasteiger partial charge in [-0.3, -0.25) is 14.5 Å². The zero-order valence-corrected chi connectivity index (χ0v) is 18.9. The Hall–Kier alpha value is -4.06. The summed E-state index contributed by atoms with van der Waals surface area (Å²) in [6.45, 7) is 0. The molecule has 8 nitrogen and oxygen atoms in total. The number of nitrogens with zero attached hydrogens (tertiary/aromatic N) is 2. The largest absolute Gasteiger partial charge is 0.534 e. The molecule has 0 atom stereocenters. The molecule has 0 saturated carbocycles. The Bertz CT molecular complexity index is 1700. The molecule has 180 valence electrons. The average Bonchev–Trinajstić information content (AvgIpc) is 3.46. The van der Waals surface area contributed by atoms with Crippen molar-refractivity contribution in [1.29, 1.82) is 0 Å². The number of hydrogen-bond acceptors (Lipinski definition) is 6. The summed E-state index contributed by atoms with van der Waals surface area (Å²) in [6, 6.07) is 10.7. The molecule has 0 radical (unpaired) electrons. The fraction of sp³-hybridized carbons (Fsp3) is 0.130. The third-order valence-electron chi connectivity index (χ3n) is 5.78. The van der Waals surface area contributed by atoms with E-state index in [1.54, 1.807) is 29.9 Å². The second-order valence-corrected chi connectivity index (χ2v) is 9.39. The number of alkyl halides is 3. The highest BCUT2D eigenvalue weighted by Crippen LogP contribution is 2.43. The number of fused-ring (bicyclic) bond motifs is 2. The number of likely N-dealkylation sites (N-methyl/N-ethyl adjacent to an activating group) is 1. The molecule has 5 rings (SSSR count). The Labute approximate surface area is 195 Å². The SMILES string of the molecule is CN1C(=O)C(c2cn(C)c3ccccc23)=C(c2ccc(OS(=O)(=O)C(F)(F)F)c3ccoc23)C1=O. The Morgan fingerprint density at radius 1 is 0.886 bits per heavy atom. The van der Waals surface area contributed by atoms with E-state index in [9.17, 15) is 31.2 Å². The van der Waals surface area contributed by atoms with Crippen LogP contribution in [0, 0.1) is 0 Å². The van der Waals surface area contributed by atoms with Crippen molar-refractivity contribution in [3.05, 3.63) is 66.1 Å². The van der Waals surface area contributed by atoms with Crippen LogP contribution < -0.4 is 4.18 Å². The molecule has 2 aromatic heterocycles. The van der Waals surface area contributed by atoms with Crippen molar-refractivity contribution in [3.8, 4) is 5.75 Å². The first-order chi connectivity index (χ1) is 16.4. The van der Waals surface area contributed by atoms with E-state index in [1.807, 2.05) is 12.1 Å². The molecule has 0 N–H and O–H groups in total. The standard InChI is InChI=1S/C23H15F3N2O6S/c1-27-11-15(12-5-3-4-6-16(12)27)19-18(21(29)28(2)22(19)30)14-7-8-17(13-9-10-33-20(13)14)34-35(31,32)23(24,25)26/h3-11H,1-2H3. The third-order valence-corrected chi connectivity index (χ3v) is 6.75. The van der Waals surface area contributed by atoms with Crippen LogP contribution in [0.15, 0.2) is 59.3 Å². The van der Waals surface area contributed by atoms with E-state index in [0.29, 0.717) is 10.9 Å². The summed E-state index contributed by atoms with van der Waals surface area (Å²) in [7, 11) is -2.84. The molecular formula is C23H15F3N2O6S. The van der Waals surface area contributed by atoms with E-state index < -0.39 is 33.2 Å². The molecule has 35 heavy (non-hydrogen) atoms. The topological polar surface area (TPSA) is 98.8 Å². The first-order valence-electron chi connectivity index (χ1n) is 10.0. The minimum Gasteiger partial charge on any atom is -0.464 e. The second kappa shape index (κ2) is 7.47. The number of furan rings is 1. The van der Waals surface area contributed by atoms with E-state index in [0.717, 1.165) is 22.7 Å². The molecular weight excluding hydrogens is 489 g/mol. The van der Waals surface area contributed by atoms with Crippen LogP contribution in [0.25, 0.3) is 33.0 Å². The van der Waals surface area contributed by atoms with Crippen LogP contribution in [-0.4, -0.2) is 42.3 Å². The number of halogens is 3. The van der Waals surface area contributed by atoms with Crippen LogP contribution in [0.4, 0.5) is 13.2 Å². The van der Waals surface area contributed by atoms with Crippen molar-refractivity contribution in [2.75, 3.05) is 7.05 Å². The first kappa shape index (κ1) is 22.7. The zero-order valence-electron chi connectivity index (χ0n) is 18.1. The maximum atomic E-state index is 13.2. The van der Waals surface area contributed by atoms with Crippen LogP contribution in [0.1, 0.15) is 11.1 Å². The predicted molar refractivity (Wildman–Crippen MR) is 119 cm³/mol. The molecule has 2 amide bonds. The summed E-state index contributed by atoms with van der Waals surface area (Å²) < 4.78 is 73.1. The van der Waals surface area contributed by atoms with Crippen molar-refractivity contribution >= 4 is 55.0 Å². The Balaban J connectivity index is 1.76. The minimum atomic E-state index is -5.94. The lowest BCUT2D eigenvalue weighted by molar-refractivity contribution is -0.134. The lowest BCUT2D eigenvalue weighted by Crippen LogP contribution is -2.28. The highest BCUT2D eigenvalue weighted by atomic mass is 32.2. The van der Waals surface area contributed by atoms with Gasteiger partial charge in [0.15, 0.2) is 5.75 Å². The van der Waals surface area contributed by atoms with Gasteiger partial charge >= 0.3 is 15.6 Å². The highest BCUT2D eigenvalue weighted by Gasteiger charge is 2.49. The number of imide groups is 1. The van der Waals surface area contributed by atoms with Gasteiger partial charge < -0.3 is 13.2 Å². The first-order valence-corrected chi connectivity index (χ1v) is 11.5. The maximum absolute atomic E-state index is 13.2. The number of hydrogen-bond donors (Lipinski definition) is 0. The van der Waals surface area contributed by atoms with Crippen molar-refractivity contribution in [2.45, 2.75) is 5.51 Å². The fourth-order valence-electron chi connectivity index (χ4n) is 4.15. The van der Waals surface area contributed by atoms with Gasteiger partial charge in [-0.25, -0.2) is 0 Å². The molecule has 4 aromatic rings. The summed E-state index contributed by atoms with van der Waals surface area (Å²) in [4.78, 5) is 27.3. The van der Waals surface area contributed by atoms with Crippen LogP contribution in [-0.2, 0) is 26.8 Å². The van der Waals surface area contributed by atoms with Crippen molar-refractivity contribution < 1.29 is 39.8 Å². The molecule has 0 aliphatic carbocycles. The monoisotopic (exact) mass is 504 g/mol. The number of aryl methyl sites for hydroxylation is 1. The third kappa shape index (κ3) is 3.32. The molecule has 1 aliphatic heterocycles. The molecule has 0 fully saturated rings. The average molecular weight is 504 g/mol. The van der Waals surface area contributed by atoms with Gasteiger partial charge in [-0.1, -0.05) is 18.2 Å². The highest BCUT2D eigenvalue weighted by molar-refractivity contribution is 7.88. The number of aromatic nitrogens is 1. The molecule has 12 heteroatoms. The molecule has 1 aliphatic rings. The van der Waals surface area contributed by atoms with E-state index in [2.05, 4.69) is 4.18 Å². The smallest absolute Gasteiger partial charge is 0.464 e. The summed E-state index contributed by atoms with van der Waals surface area (Å²) in [6.07, 6.45) is 2.82. The Morgan fingerprint density at radius 3 is 2.23 bits per heavy atom. The number of amides is 2. The Morgan fingerprint density at radius 2 is 1.54 bits per heavy atom. The maximum Gasteiger partial charge on any atom is 0.534 e. The number of benzene rings is 2. The van der Waals surface area contributed by atoms with Crippen LogP contribution in [0.5, 0.6) is 5.75 Å². The molecule has 2 aromatic carbocycles. The predicted octanol–water partition coefficient (Wildman–Crippen LogP) is 4.06. The van der Waals surface area contributed by atoms with Gasteiger partial charge in [0.25, 0.3) is 11.8 Å². The van der Waals surface area contributed by atoms with Gasteiger partial charge in [0.2, 0.25) is 0 Å². The number of para-hydroxylation sites is 1. The van der Waals surface area contributed by atoms with E-state index in [1.165, 1.54) is 19.2 Å². The van der Waals surface area contributed by atoms with Gasteiger partial charge in [-0.05, 0) is 24.3 Å². The van der Waals surface area contributed by atoms with Crippen molar-refractivity contribution in [1.82, 2.24) is 9.47 Å². The summed E-state index contributed by atoms with van der Waals surface area (Å²) in [5, 5.41) is 0.598. The minimum absolute atomic E-state index is 0.0287. The Kier molecular flexibility index (Phi) is 4.85. The van der Waals surface area contributed by atoms with Gasteiger partial charge in [-0.15, -0.1) is 0 Å². The molecule has 0 bridgehead atoms. The molecule has 0 unspecified atom stereocenters. The normalized spacial score (nSPS) is 15.2. The molecule has 0 spiro atoms. The summed E-state index contributed by atoms with van der Waals surface area (Å²) in [5.41, 5.74) is -4.28. The van der Waals surface area contributed by atoms with Crippen molar-refractivity contribution in [2.24, 2.45) is 7.05 Å². The number of carbonyl (C=O) groups excluding carboxylic acids is 2. The quantitative estimate of drug-likeness (QED) is 0.236. The van der Waals surface area contributed by atoms with E-state index >= 15 is 0 Å². The van der Waals surface area contributed by atoms with Gasteiger partial charge in [0.1, 0.15) is 5.58 Å². The fourth-order valence-corrected chi connectivity index (χ4v) is 4.63. The van der Waals surface area contributed by atoms with Crippen LogP contribution in [0.3, 0.4) is 0 Å². The zero-order chi connectivity index (χ0) is 25.3. The molecule has 3 heterocycles. The lowest BCUT2D eigenvalue weighted by atomic mass is 9.95. The van der Waals surface area contributed by atoms with Crippen LogP contribution in [0.2, 0.25) is 0 Å². The van der Waals surface area contributed by atoms with Gasteiger partial charge in [0.05, 0.1) is 22.8 Å². The van der Waals surface area contributed by atoms with Gasteiger partial charge in [0, 0.05) is 42.3 Å². The van der Waals surface area contributed by atoms with Crippen molar-refractivity contribution in [3.63, 3.8) is 0 Å². The number of carbonyl (C=O) groups is 2.